The molecule has 690 valence electrons. The van der Waals surface area contributed by atoms with Gasteiger partial charge in [0.25, 0.3) is 0 Å². The summed E-state index contributed by atoms with van der Waals surface area (Å²) in [4.78, 5) is 122. The van der Waals surface area contributed by atoms with Crippen LogP contribution in [0.4, 0.5) is 13.2 Å². The highest BCUT2D eigenvalue weighted by molar-refractivity contribution is 9.08. The smallest absolute Gasteiger partial charge is 0.323 e. The third kappa shape index (κ3) is 29.1. The number of ketones is 5. The number of carbonyl (C=O) groups is 7. The Kier molecular flexibility index (Phi) is 39.6. The number of benzene rings is 9. The Labute approximate surface area is 813 Å². The zero-order chi connectivity index (χ0) is 94.1. The van der Waals surface area contributed by atoms with Crippen molar-refractivity contribution in [1.82, 2.24) is 49.8 Å². The minimum atomic E-state index is -0.251. The molecule has 0 saturated heterocycles. The van der Waals surface area contributed by atoms with Gasteiger partial charge in [0, 0.05) is 111 Å². The summed E-state index contributed by atoms with van der Waals surface area (Å²) in [5.41, 5.74) is 21.4. The predicted octanol–water partition coefficient (Wildman–Crippen LogP) is 25.3. The molecule has 0 fully saturated rings. The van der Waals surface area contributed by atoms with Gasteiger partial charge in [0.1, 0.15) is 29.1 Å². The summed E-state index contributed by atoms with van der Waals surface area (Å²) in [5.74, 6) is 2.00. The lowest BCUT2D eigenvalue weighted by atomic mass is 9.81. The van der Waals surface area contributed by atoms with Crippen molar-refractivity contribution in [3.63, 3.8) is 0 Å². The van der Waals surface area contributed by atoms with Gasteiger partial charge in [0.2, 0.25) is 0 Å². The Morgan fingerprint density at radius 1 is 0.455 bits per heavy atom. The number of nitrogens with zero attached hydrogens (tertiary/aromatic N) is 4. The normalized spacial score (nSPS) is 16.0. The topological polar surface area (TPSA) is 310 Å². The van der Waals surface area contributed by atoms with Crippen LogP contribution in [0.1, 0.15) is 223 Å². The number of thiocyanates is 1. The standard InChI is InChI=1S/C14H14N2OS.C14H14N2O.C14H12N2O.C13H13FN2O.C11H11FO.C10H10O.C9H7FO.C8H5Cl2NS.C7H5BrCl2.C4H4N2O.CH4/c17-13-10(7-11-8-15-14(18)16-11)6-5-9-3-1-2-4-12(9)13;2*17-14-11(7-12-8-15-9-16-12)6-5-10-3-1-2-4-13(10)14;14-10-3-4-12-8(5-10)1-2-9(12)6-11-7-15-13(17)16-11;12-10-3-4-11-8(5-6-13)1-2-9(11)7-10;11-10-7-3-5-8-4-1-2-6-9(8)10;10-7-2-3-8-6(5-7)1-4-9(8)11;9-7-3-1-2-6(8(7)10)4-12-5-11;8-4-5-2-1-3-6(9)7(5)10;7-2-4-1-5-3-6-4;/h1-4,8,10H,5-7H2,(H2,15,16,18);1-4,8-9,11H,5-7H2,(H,15,16);1-4,7-9H,5-6H2,(H,15,16);3-5,7,9H,1-2,6H2,(H2,15,16,17);3-4,6-8H,1-2,5H2;1-2,4,6H,3,5,7H2;2-3,5H,1,4H2;1-3H,4H2;1-3H,4H2;1-3H,(H,5,6);1H4/b;;11-7+;;;;;;;;. The number of Topliss-reactive ketones (excluding diaryl/α,β-unsaturated/α-hetero) is 5. The summed E-state index contributed by atoms with van der Waals surface area (Å²) in [6.45, 7) is 0. The summed E-state index contributed by atoms with van der Waals surface area (Å²) in [6.07, 6.45) is 33.2. The number of fused-ring (bicyclic) bond motifs is 7. The molecule has 5 heterocycles. The Balaban J connectivity index is 0.000000145. The molecule has 0 saturated carbocycles. The Morgan fingerprint density at radius 2 is 0.925 bits per heavy atom. The SMILES string of the molecule is C.Clc1cccc(CBr)c1Cl.N#CSCc1cccc(Cl)c1Cl.O=C1/C(=C/c2cnc[nH]2)CCc2ccccc21.O=C1CCCc2ccccc21.O=C1CCc2cc(F)ccc21.O=C1c2ccccc2CCC1Cc1c[nH]c(=S)[nH]1.O=C1c2ccccc2CCC1Cc1cnc[nH]1.O=CCC1CCc2cc(F)ccc21.O=Cc1cnc[nH]1.O=c1[nH]cc(CC2CCc3cc(F)ccc32)[nH]1. The second-order valence-electron chi connectivity index (χ2n) is 32.2. The molecule has 19 nitrogen and oxygen atoms in total. The molecule has 134 heavy (non-hydrogen) atoms. The van der Waals surface area contributed by atoms with E-state index in [0.717, 1.165) is 216 Å². The number of H-pyrrole nitrogens is 7. The van der Waals surface area contributed by atoms with E-state index in [1.165, 1.54) is 59.0 Å². The summed E-state index contributed by atoms with van der Waals surface area (Å²) >= 11 is 32.7. The fourth-order valence-corrected chi connectivity index (χ4v) is 18.9. The average molecular weight is 1990 g/mol. The first-order chi connectivity index (χ1) is 64.5. The lowest BCUT2D eigenvalue weighted by Gasteiger charge is -2.22. The van der Waals surface area contributed by atoms with E-state index >= 15 is 0 Å². The van der Waals surface area contributed by atoms with Gasteiger partial charge in [-0.05, 0) is 260 Å². The quantitative estimate of drug-likeness (QED) is 0.0186. The van der Waals surface area contributed by atoms with Gasteiger partial charge < -0.3 is 39.7 Å². The van der Waals surface area contributed by atoms with Gasteiger partial charge in [-0.1, -0.05) is 203 Å². The number of nitriles is 1. The van der Waals surface area contributed by atoms with Gasteiger partial charge >= 0.3 is 5.69 Å². The molecule has 9 aromatic carbocycles. The maximum atomic E-state index is 13.1. The molecule has 7 aliphatic rings. The van der Waals surface area contributed by atoms with E-state index in [1.54, 1.807) is 61.6 Å². The van der Waals surface area contributed by atoms with Crippen LogP contribution in [0.2, 0.25) is 20.1 Å². The number of aryl methyl sites for hydroxylation is 7. The molecule has 29 heteroatoms. The van der Waals surface area contributed by atoms with Crippen LogP contribution in [0, 0.1) is 44.7 Å². The van der Waals surface area contributed by atoms with Crippen LogP contribution in [0.5, 0.6) is 0 Å². The number of aromatic amines is 7. The molecule has 0 aliphatic heterocycles. The number of rotatable bonds is 13. The Bertz CT molecular complexity index is 6550. The van der Waals surface area contributed by atoms with E-state index in [9.17, 15) is 51.5 Å². The number of aldehydes is 2. The minimum Gasteiger partial charge on any atom is -0.348 e. The van der Waals surface area contributed by atoms with Crippen LogP contribution in [0.3, 0.4) is 0 Å². The molecule has 5 aromatic heterocycles. The van der Waals surface area contributed by atoms with Crippen molar-refractivity contribution < 1.29 is 46.7 Å². The number of halogens is 8. The Morgan fingerprint density at radius 3 is 1.46 bits per heavy atom. The number of alkyl halides is 1. The van der Waals surface area contributed by atoms with Gasteiger partial charge in [-0.2, -0.15) is 5.26 Å². The maximum Gasteiger partial charge on any atom is 0.323 e. The number of aromatic nitrogens is 10. The molecule has 4 unspecified atom stereocenters. The van der Waals surface area contributed by atoms with Crippen molar-refractivity contribution in [1.29, 1.82) is 5.26 Å². The molecule has 0 spiro atoms. The summed E-state index contributed by atoms with van der Waals surface area (Å²) < 4.78 is 39.1. The number of carbonyl (C=O) groups excluding carboxylic acids is 7. The Hall–Kier alpha value is -12.3. The predicted molar refractivity (Wildman–Crippen MR) is 529 cm³/mol. The molecule has 4 atom stereocenters. The van der Waals surface area contributed by atoms with Crippen molar-refractivity contribution in [2.45, 2.75) is 152 Å². The molecule has 7 aliphatic carbocycles. The second-order valence-corrected chi connectivity index (χ2v) is 35.5. The van der Waals surface area contributed by atoms with Crippen LogP contribution in [-0.2, 0) is 80.1 Å². The molecule has 0 bridgehead atoms. The van der Waals surface area contributed by atoms with E-state index < -0.39 is 0 Å². The first-order valence-electron chi connectivity index (χ1n) is 43.4. The molecule has 0 amide bonds. The summed E-state index contributed by atoms with van der Waals surface area (Å²) in [6, 6.07) is 56.8. The fourth-order valence-electron chi connectivity index (χ4n) is 16.7. The van der Waals surface area contributed by atoms with Crippen LogP contribution in [0.25, 0.3) is 6.08 Å². The van der Waals surface area contributed by atoms with Crippen LogP contribution < -0.4 is 5.69 Å². The van der Waals surface area contributed by atoms with E-state index in [2.05, 4.69) is 71.8 Å². The third-order valence-electron chi connectivity index (χ3n) is 23.5. The monoisotopic (exact) mass is 1980 g/mol. The highest BCUT2D eigenvalue weighted by atomic mass is 79.9. The van der Waals surface area contributed by atoms with Gasteiger partial charge in [-0.25, -0.2) is 32.9 Å². The number of hydrogen-bond donors (Lipinski definition) is 7. The van der Waals surface area contributed by atoms with Gasteiger partial charge in [-0.3, -0.25) is 28.8 Å². The van der Waals surface area contributed by atoms with E-state index in [-0.39, 0.29) is 65.5 Å². The first kappa shape index (κ1) is 102. The number of nitrogens with one attached hydrogen (secondary N) is 7. The fraction of sp³-hybridized carbons (Fsp3) is 0.248. The number of imidazole rings is 5. The molecule has 14 aromatic rings. The zero-order valence-electron chi connectivity index (χ0n) is 72.3. The lowest BCUT2D eigenvalue weighted by Crippen LogP contribution is -2.24. The summed E-state index contributed by atoms with van der Waals surface area (Å²) in [7, 11) is 0. The molecular weight excluding hydrogens is 1890 g/mol. The van der Waals surface area contributed by atoms with Crippen molar-refractivity contribution in [2.24, 2.45) is 11.8 Å². The maximum absolute atomic E-state index is 13.1. The third-order valence-corrected chi connectivity index (χ3v) is 26.6. The van der Waals surface area contributed by atoms with E-state index in [4.69, 9.17) is 63.9 Å². The van der Waals surface area contributed by atoms with Gasteiger partial charge in [0.15, 0.2) is 40.0 Å². The highest BCUT2D eigenvalue weighted by Gasteiger charge is 2.31. The molecule has 7 N–H and O–H groups in total. The van der Waals surface area contributed by atoms with Crippen LogP contribution in [-0.4, -0.2) is 91.3 Å². The second kappa shape index (κ2) is 51.8. The summed E-state index contributed by atoms with van der Waals surface area (Å²) in [5, 5.41) is 13.4. The number of hydrogen-bond acceptors (Lipinski definition) is 14. The molecule has 0 radical (unpaired) electrons. The molecule has 21 rings (SSSR count). The van der Waals surface area contributed by atoms with Gasteiger partial charge in [-0.15, -0.1) is 0 Å². The lowest BCUT2D eigenvalue weighted by molar-refractivity contribution is -0.108. The van der Waals surface area contributed by atoms with Crippen molar-refractivity contribution in [2.75, 3.05) is 0 Å². The minimum absolute atomic E-state index is 0. The van der Waals surface area contributed by atoms with Crippen molar-refractivity contribution >= 4 is 134 Å². The van der Waals surface area contributed by atoms with E-state index in [0.29, 0.717) is 85.0 Å². The van der Waals surface area contributed by atoms with Crippen LogP contribution >= 0.6 is 86.3 Å². The highest BCUT2D eigenvalue weighted by Crippen LogP contribution is 2.38. The van der Waals surface area contributed by atoms with Gasteiger partial charge in [0.05, 0.1) is 62.9 Å². The number of allylic oxidation sites excluding steroid dienone is 1. The molecular formula is C105H99BrCl4F3N11O8S2. The van der Waals surface area contributed by atoms with E-state index in [1.807, 2.05) is 145 Å². The van der Waals surface area contributed by atoms with Crippen LogP contribution in [0.15, 0.2) is 248 Å². The van der Waals surface area contributed by atoms with Crippen molar-refractivity contribution in [3.05, 3.63) is 414 Å². The van der Waals surface area contributed by atoms with Crippen molar-refractivity contribution in [3.8, 4) is 5.40 Å². The first-order valence-corrected chi connectivity index (χ1v) is 47.4. The largest absolute Gasteiger partial charge is 0.348 e. The number of thioether (sulfide) groups is 1. The average Bonchev–Trinajstić information content (AvgIpc) is 1.30. The zero-order valence-corrected chi connectivity index (χ0v) is 78.5.